The van der Waals surface area contributed by atoms with Gasteiger partial charge in [0, 0.05) is 12.6 Å². The van der Waals surface area contributed by atoms with Gasteiger partial charge in [0.05, 0.1) is 19.5 Å². The van der Waals surface area contributed by atoms with Crippen molar-refractivity contribution in [2.75, 3.05) is 26.0 Å². The van der Waals surface area contributed by atoms with Crippen molar-refractivity contribution in [1.29, 1.82) is 0 Å². The number of morpholine rings is 1. The molecule has 0 aromatic carbocycles. The summed E-state index contributed by atoms with van der Waals surface area (Å²) in [5.41, 5.74) is 0. The van der Waals surface area contributed by atoms with Gasteiger partial charge in [0.1, 0.15) is 0 Å². The molecule has 0 radical (unpaired) electrons. The van der Waals surface area contributed by atoms with Crippen molar-refractivity contribution in [3.05, 3.63) is 0 Å². The molecule has 1 unspecified atom stereocenters. The lowest BCUT2D eigenvalue weighted by molar-refractivity contribution is 0.0257. The van der Waals surface area contributed by atoms with Gasteiger partial charge in [0.25, 0.3) is 0 Å². The van der Waals surface area contributed by atoms with Crippen LogP contribution in [-0.2, 0) is 14.8 Å². The Bertz CT molecular complexity index is 274. The standard InChI is InChI=1S/C9H19NO3S/c1-8(2)6-9-7-13-5-4-10(9)14(3,11)12/h8-9H,4-7H2,1-3H3. The number of hydrogen-bond acceptors (Lipinski definition) is 3. The van der Waals surface area contributed by atoms with Crippen LogP contribution in [-0.4, -0.2) is 44.8 Å². The molecular formula is C9H19NO3S. The van der Waals surface area contributed by atoms with Gasteiger partial charge in [-0.2, -0.15) is 4.31 Å². The Labute approximate surface area is 86.3 Å². The van der Waals surface area contributed by atoms with Crippen LogP contribution in [0.2, 0.25) is 0 Å². The highest BCUT2D eigenvalue weighted by molar-refractivity contribution is 7.88. The molecule has 1 atom stereocenters. The molecule has 5 heteroatoms. The van der Waals surface area contributed by atoms with Gasteiger partial charge in [0.15, 0.2) is 0 Å². The van der Waals surface area contributed by atoms with E-state index in [1.54, 1.807) is 4.31 Å². The number of rotatable bonds is 3. The fraction of sp³-hybridized carbons (Fsp3) is 1.00. The first-order chi connectivity index (χ1) is 6.41. The maximum atomic E-state index is 11.4. The first kappa shape index (κ1) is 11.9. The second-order valence-electron chi connectivity index (χ2n) is 4.23. The molecule has 4 nitrogen and oxygen atoms in total. The van der Waals surface area contributed by atoms with Crippen molar-refractivity contribution in [1.82, 2.24) is 4.31 Å². The Hall–Kier alpha value is -0.130. The van der Waals surface area contributed by atoms with Gasteiger partial charge in [-0.1, -0.05) is 13.8 Å². The van der Waals surface area contributed by atoms with E-state index in [2.05, 4.69) is 13.8 Å². The zero-order valence-corrected chi connectivity index (χ0v) is 9.88. The molecule has 1 heterocycles. The monoisotopic (exact) mass is 221 g/mol. The van der Waals surface area contributed by atoms with Crippen molar-refractivity contribution >= 4 is 10.0 Å². The highest BCUT2D eigenvalue weighted by Crippen LogP contribution is 2.17. The molecule has 14 heavy (non-hydrogen) atoms. The average molecular weight is 221 g/mol. The highest BCUT2D eigenvalue weighted by atomic mass is 32.2. The third kappa shape index (κ3) is 3.22. The molecule has 0 aliphatic carbocycles. The first-order valence-electron chi connectivity index (χ1n) is 4.96. The van der Waals surface area contributed by atoms with Gasteiger partial charge in [-0.3, -0.25) is 0 Å². The van der Waals surface area contributed by atoms with Gasteiger partial charge in [0.2, 0.25) is 10.0 Å². The molecule has 0 spiro atoms. The fourth-order valence-corrected chi connectivity index (χ4v) is 2.90. The maximum Gasteiger partial charge on any atom is 0.211 e. The fourth-order valence-electron chi connectivity index (χ4n) is 1.81. The normalized spacial score (nSPS) is 25.6. The van der Waals surface area contributed by atoms with E-state index in [0.29, 0.717) is 25.7 Å². The minimum atomic E-state index is -3.07. The summed E-state index contributed by atoms with van der Waals surface area (Å²) in [6.07, 6.45) is 2.14. The van der Waals surface area contributed by atoms with Gasteiger partial charge < -0.3 is 4.74 Å². The van der Waals surface area contributed by atoms with Crippen LogP contribution in [0.1, 0.15) is 20.3 Å². The molecule has 1 fully saturated rings. The summed E-state index contributed by atoms with van der Waals surface area (Å²) in [5, 5.41) is 0. The van der Waals surface area contributed by atoms with Crippen molar-refractivity contribution in [3.8, 4) is 0 Å². The van der Waals surface area contributed by atoms with E-state index < -0.39 is 10.0 Å². The van der Waals surface area contributed by atoms with Crippen LogP contribution >= 0.6 is 0 Å². The second-order valence-corrected chi connectivity index (χ2v) is 6.17. The van der Waals surface area contributed by atoms with E-state index in [0.717, 1.165) is 6.42 Å². The molecule has 1 saturated heterocycles. The summed E-state index contributed by atoms with van der Waals surface area (Å²) in [6.45, 7) is 5.73. The molecule has 1 aliphatic rings. The van der Waals surface area contributed by atoms with Crippen LogP contribution in [0.15, 0.2) is 0 Å². The van der Waals surface area contributed by atoms with Crippen molar-refractivity contribution < 1.29 is 13.2 Å². The van der Waals surface area contributed by atoms with Crippen LogP contribution in [0.4, 0.5) is 0 Å². The Kier molecular flexibility index (Phi) is 3.92. The van der Waals surface area contributed by atoms with E-state index in [-0.39, 0.29) is 6.04 Å². The number of ether oxygens (including phenoxy) is 1. The highest BCUT2D eigenvalue weighted by Gasteiger charge is 2.30. The molecule has 84 valence electrons. The molecule has 0 saturated carbocycles. The summed E-state index contributed by atoms with van der Waals surface area (Å²) >= 11 is 0. The van der Waals surface area contributed by atoms with Crippen molar-refractivity contribution in [2.24, 2.45) is 5.92 Å². The molecule has 0 amide bonds. The summed E-state index contributed by atoms with van der Waals surface area (Å²) < 4.78 is 29.8. The van der Waals surface area contributed by atoms with Crippen LogP contribution in [0.25, 0.3) is 0 Å². The smallest absolute Gasteiger partial charge is 0.211 e. The molecule has 0 N–H and O–H groups in total. The van der Waals surface area contributed by atoms with Gasteiger partial charge >= 0.3 is 0 Å². The topological polar surface area (TPSA) is 46.6 Å². The third-order valence-corrected chi connectivity index (χ3v) is 3.68. The van der Waals surface area contributed by atoms with Crippen LogP contribution in [0.3, 0.4) is 0 Å². The van der Waals surface area contributed by atoms with E-state index in [4.69, 9.17) is 4.74 Å². The minimum absolute atomic E-state index is 0.0266. The largest absolute Gasteiger partial charge is 0.378 e. The first-order valence-corrected chi connectivity index (χ1v) is 6.80. The summed E-state index contributed by atoms with van der Waals surface area (Å²) in [7, 11) is -3.07. The quantitative estimate of drug-likeness (QED) is 0.704. The number of nitrogens with zero attached hydrogens (tertiary/aromatic N) is 1. The van der Waals surface area contributed by atoms with E-state index in [1.807, 2.05) is 0 Å². The van der Waals surface area contributed by atoms with Crippen LogP contribution in [0, 0.1) is 5.92 Å². The van der Waals surface area contributed by atoms with Gasteiger partial charge in [-0.25, -0.2) is 8.42 Å². The number of sulfonamides is 1. The van der Waals surface area contributed by atoms with Crippen molar-refractivity contribution in [3.63, 3.8) is 0 Å². The lowest BCUT2D eigenvalue weighted by atomic mass is 10.0. The van der Waals surface area contributed by atoms with Gasteiger partial charge in [-0.05, 0) is 12.3 Å². The molecule has 1 rings (SSSR count). The van der Waals surface area contributed by atoms with E-state index >= 15 is 0 Å². The van der Waals surface area contributed by atoms with Crippen LogP contribution in [0.5, 0.6) is 0 Å². The van der Waals surface area contributed by atoms with E-state index in [9.17, 15) is 8.42 Å². The molecule has 0 aromatic rings. The van der Waals surface area contributed by atoms with Crippen LogP contribution < -0.4 is 0 Å². The zero-order valence-electron chi connectivity index (χ0n) is 9.06. The maximum absolute atomic E-state index is 11.4. The Balaban J connectivity index is 2.69. The van der Waals surface area contributed by atoms with Crippen molar-refractivity contribution in [2.45, 2.75) is 26.3 Å². The second kappa shape index (κ2) is 4.59. The summed E-state index contributed by atoms with van der Waals surface area (Å²) in [5.74, 6) is 0.492. The molecule has 1 aliphatic heterocycles. The molecule has 0 bridgehead atoms. The molecule has 0 aromatic heterocycles. The number of hydrogen-bond donors (Lipinski definition) is 0. The Morgan fingerprint density at radius 2 is 2.14 bits per heavy atom. The Morgan fingerprint density at radius 1 is 1.50 bits per heavy atom. The predicted molar refractivity (Wildman–Crippen MR) is 55.6 cm³/mol. The molecular weight excluding hydrogens is 202 g/mol. The third-order valence-electron chi connectivity index (χ3n) is 2.34. The van der Waals surface area contributed by atoms with E-state index in [1.165, 1.54) is 6.26 Å². The summed E-state index contributed by atoms with van der Waals surface area (Å²) in [6, 6.07) is 0.0266. The minimum Gasteiger partial charge on any atom is -0.378 e. The Morgan fingerprint density at radius 3 is 2.64 bits per heavy atom. The predicted octanol–water partition coefficient (Wildman–Crippen LogP) is 0.693. The average Bonchev–Trinajstić information content (AvgIpc) is 2.01. The van der Waals surface area contributed by atoms with Gasteiger partial charge in [-0.15, -0.1) is 0 Å². The zero-order chi connectivity index (χ0) is 10.8. The summed E-state index contributed by atoms with van der Waals surface area (Å²) in [4.78, 5) is 0. The SMILES string of the molecule is CC(C)CC1COCCN1S(C)(=O)=O. The lowest BCUT2D eigenvalue weighted by Crippen LogP contribution is -2.48. The lowest BCUT2D eigenvalue weighted by Gasteiger charge is -2.34.